The molecule has 0 aliphatic heterocycles. The number of carbonyl (C=O) groups excluding carboxylic acids is 1. The van der Waals surface area contributed by atoms with Gasteiger partial charge in [0.15, 0.2) is 0 Å². The van der Waals surface area contributed by atoms with Gasteiger partial charge in [-0.3, -0.25) is 4.79 Å². The number of ether oxygens (including phenoxy) is 2. The van der Waals surface area contributed by atoms with Gasteiger partial charge in [0.2, 0.25) is 11.8 Å². The number of nitrogens with one attached hydrogen (secondary N) is 1. The predicted octanol–water partition coefficient (Wildman–Crippen LogP) is 1.81. The number of halogens is 1. The smallest absolute Gasteiger partial charge is 0.319 e. The second-order valence-electron chi connectivity index (χ2n) is 4.13. The second-order valence-corrected chi connectivity index (χ2v) is 4.13. The van der Waals surface area contributed by atoms with Crippen molar-refractivity contribution in [3.05, 3.63) is 41.8 Å². The second kappa shape index (κ2) is 6.65. The maximum absolute atomic E-state index is 12.8. The van der Waals surface area contributed by atoms with Crippen LogP contribution in [0.1, 0.15) is 5.56 Å². The predicted molar refractivity (Wildman–Crippen MR) is 73.9 cm³/mol. The highest BCUT2D eigenvalue weighted by Gasteiger charge is 2.11. The number of hydrogen-bond acceptors (Lipinski definition) is 5. The van der Waals surface area contributed by atoms with Crippen molar-refractivity contribution >= 4 is 11.6 Å². The zero-order valence-corrected chi connectivity index (χ0v) is 11.6. The third kappa shape index (κ3) is 3.88. The van der Waals surface area contributed by atoms with Crippen molar-refractivity contribution < 1.29 is 18.7 Å². The molecule has 1 N–H and O–H groups in total. The molecule has 1 heterocycles. The first-order valence-electron chi connectivity index (χ1n) is 6.11. The molecule has 0 aliphatic carbocycles. The van der Waals surface area contributed by atoms with Crippen molar-refractivity contribution in [1.82, 2.24) is 9.97 Å². The van der Waals surface area contributed by atoms with Crippen LogP contribution in [0, 0.1) is 5.82 Å². The molecular formula is C14H14FN3O3. The van der Waals surface area contributed by atoms with Gasteiger partial charge in [-0.15, -0.1) is 0 Å². The first-order valence-corrected chi connectivity index (χ1v) is 6.11. The summed E-state index contributed by atoms with van der Waals surface area (Å²) in [6.45, 7) is 0. The van der Waals surface area contributed by atoms with Gasteiger partial charge in [0.25, 0.3) is 0 Å². The Balaban J connectivity index is 2.07. The molecule has 1 aromatic heterocycles. The molecule has 21 heavy (non-hydrogen) atoms. The quantitative estimate of drug-likeness (QED) is 0.909. The average Bonchev–Trinajstić information content (AvgIpc) is 2.50. The Kier molecular flexibility index (Phi) is 4.65. The molecule has 0 radical (unpaired) electrons. The number of anilines is 1. The van der Waals surface area contributed by atoms with E-state index < -0.39 is 0 Å². The van der Waals surface area contributed by atoms with Gasteiger partial charge in [-0.25, -0.2) is 9.37 Å². The van der Waals surface area contributed by atoms with Gasteiger partial charge in [-0.2, -0.15) is 4.98 Å². The highest BCUT2D eigenvalue weighted by Crippen LogP contribution is 2.22. The molecule has 2 rings (SSSR count). The van der Waals surface area contributed by atoms with Gasteiger partial charge in [0, 0.05) is 0 Å². The molecule has 0 atom stereocenters. The molecule has 1 amide bonds. The summed E-state index contributed by atoms with van der Waals surface area (Å²) in [5.74, 6) is -0.424. The zero-order chi connectivity index (χ0) is 15.2. The number of aromatic nitrogens is 2. The van der Waals surface area contributed by atoms with Crippen LogP contribution in [0.2, 0.25) is 0 Å². The van der Waals surface area contributed by atoms with Crippen molar-refractivity contribution in [1.29, 1.82) is 0 Å². The Bertz CT molecular complexity index is 632. The van der Waals surface area contributed by atoms with E-state index in [-0.39, 0.29) is 30.0 Å². The van der Waals surface area contributed by atoms with E-state index in [1.165, 1.54) is 32.5 Å². The van der Waals surface area contributed by atoms with E-state index in [1.54, 1.807) is 12.1 Å². The minimum absolute atomic E-state index is 0.107. The summed E-state index contributed by atoms with van der Waals surface area (Å²) in [6, 6.07) is 5.86. The molecule has 0 aliphatic rings. The molecule has 7 heteroatoms. The molecule has 0 fully saturated rings. The lowest BCUT2D eigenvalue weighted by atomic mass is 10.1. The van der Waals surface area contributed by atoms with Crippen LogP contribution in [0.3, 0.4) is 0 Å². The lowest BCUT2D eigenvalue weighted by Gasteiger charge is -2.09. The first kappa shape index (κ1) is 14.7. The third-order valence-corrected chi connectivity index (χ3v) is 2.66. The number of benzene rings is 1. The van der Waals surface area contributed by atoms with Gasteiger partial charge in [-0.05, 0) is 17.7 Å². The largest absolute Gasteiger partial charge is 0.479 e. The van der Waals surface area contributed by atoms with Crippen LogP contribution < -0.4 is 14.8 Å². The fourth-order valence-corrected chi connectivity index (χ4v) is 1.67. The number of amides is 1. The molecular weight excluding hydrogens is 277 g/mol. The number of nitrogens with zero attached hydrogens (tertiary/aromatic N) is 2. The first-order chi connectivity index (χ1) is 10.1. The summed E-state index contributed by atoms with van der Waals surface area (Å²) in [4.78, 5) is 19.8. The van der Waals surface area contributed by atoms with E-state index in [4.69, 9.17) is 9.47 Å². The van der Waals surface area contributed by atoms with E-state index in [0.717, 1.165) is 0 Å². The number of carbonyl (C=O) groups is 1. The molecule has 6 nitrogen and oxygen atoms in total. The summed E-state index contributed by atoms with van der Waals surface area (Å²) in [5, 5.41) is 2.64. The van der Waals surface area contributed by atoms with Crippen molar-refractivity contribution in [2.24, 2.45) is 0 Å². The topological polar surface area (TPSA) is 73.3 Å². The van der Waals surface area contributed by atoms with Crippen LogP contribution in [0.15, 0.2) is 30.5 Å². The van der Waals surface area contributed by atoms with Crippen LogP contribution in [-0.2, 0) is 11.2 Å². The highest BCUT2D eigenvalue weighted by molar-refractivity contribution is 5.93. The molecule has 2 aromatic rings. The summed E-state index contributed by atoms with van der Waals surface area (Å²) in [5.41, 5.74) is 1.03. The minimum Gasteiger partial charge on any atom is -0.479 e. The molecule has 0 bridgehead atoms. The highest BCUT2D eigenvalue weighted by atomic mass is 19.1. The molecule has 110 valence electrons. The molecule has 0 unspecified atom stereocenters. The number of hydrogen-bond donors (Lipinski definition) is 1. The normalized spacial score (nSPS) is 10.0. The Labute approximate surface area is 120 Å². The Morgan fingerprint density at radius 3 is 2.57 bits per heavy atom. The molecule has 0 saturated heterocycles. The Hall–Kier alpha value is -2.70. The maximum Gasteiger partial charge on any atom is 0.319 e. The number of rotatable bonds is 5. The SMILES string of the molecule is COc1ncc(NC(=O)Cc2ccc(F)cc2)c(OC)n1. The van der Waals surface area contributed by atoms with Crippen LogP contribution in [0.5, 0.6) is 11.9 Å². The zero-order valence-electron chi connectivity index (χ0n) is 11.6. The maximum atomic E-state index is 12.8. The summed E-state index contributed by atoms with van der Waals surface area (Å²) in [6.07, 6.45) is 1.50. The lowest BCUT2D eigenvalue weighted by Crippen LogP contribution is -2.15. The van der Waals surface area contributed by atoms with E-state index in [1.807, 2.05) is 0 Å². The van der Waals surface area contributed by atoms with Gasteiger partial charge in [0.1, 0.15) is 11.5 Å². The standard InChI is InChI=1S/C14H14FN3O3/c1-20-13-11(8-16-14(18-13)21-2)17-12(19)7-9-3-5-10(15)6-4-9/h3-6,8H,7H2,1-2H3,(H,17,19). The molecule has 1 aromatic carbocycles. The van der Waals surface area contributed by atoms with Crippen LogP contribution in [0.25, 0.3) is 0 Å². The van der Waals surface area contributed by atoms with Crippen LogP contribution >= 0.6 is 0 Å². The monoisotopic (exact) mass is 291 g/mol. The Morgan fingerprint density at radius 2 is 1.95 bits per heavy atom. The van der Waals surface area contributed by atoms with E-state index in [9.17, 15) is 9.18 Å². The Morgan fingerprint density at radius 1 is 1.24 bits per heavy atom. The van der Waals surface area contributed by atoms with Crippen molar-refractivity contribution in [3.63, 3.8) is 0 Å². The lowest BCUT2D eigenvalue weighted by molar-refractivity contribution is -0.115. The fourth-order valence-electron chi connectivity index (χ4n) is 1.67. The number of methoxy groups -OCH3 is 2. The van der Waals surface area contributed by atoms with Crippen LogP contribution in [0.4, 0.5) is 10.1 Å². The van der Waals surface area contributed by atoms with Crippen molar-refractivity contribution in [2.45, 2.75) is 6.42 Å². The van der Waals surface area contributed by atoms with Gasteiger partial charge in [-0.1, -0.05) is 12.1 Å². The van der Waals surface area contributed by atoms with Crippen molar-refractivity contribution in [3.8, 4) is 11.9 Å². The van der Waals surface area contributed by atoms with E-state index in [0.29, 0.717) is 11.3 Å². The third-order valence-electron chi connectivity index (χ3n) is 2.66. The van der Waals surface area contributed by atoms with Crippen LogP contribution in [-0.4, -0.2) is 30.1 Å². The minimum atomic E-state index is -0.343. The van der Waals surface area contributed by atoms with Gasteiger partial charge >= 0.3 is 6.01 Å². The van der Waals surface area contributed by atoms with Crippen molar-refractivity contribution in [2.75, 3.05) is 19.5 Å². The summed E-state index contributed by atoms with van der Waals surface area (Å²) < 4.78 is 22.7. The molecule has 0 spiro atoms. The summed E-state index contributed by atoms with van der Waals surface area (Å²) >= 11 is 0. The average molecular weight is 291 g/mol. The van der Waals surface area contributed by atoms with Gasteiger partial charge < -0.3 is 14.8 Å². The summed E-state index contributed by atoms with van der Waals surface area (Å²) in [7, 11) is 2.86. The van der Waals surface area contributed by atoms with E-state index in [2.05, 4.69) is 15.3 Å². The van der Waals surface area contributed by atoms with Gasteiger partial charge in [0.05, 0.1) is 26.8 Å². The molecule has 0 saturated carbocycles. The van der Waals surface area contributed by atoms with E-state index >= 15 is 0 Å². The fraction of sp³-hybridized carbons (Fsp3) is 0.214.